The van der Waals surface area contributed by atoms with E-state index < -0.39 is 29.3 Å². The summed E-state index contributed by atoms with van der Waals surface area (Å²) in [6, 6.07) is 0. The van der Waals surface area contributed by atoms with E-state index in [0.717, 1.165) is 57.9 Å². The predicted octanol–water partition coefficient (Wildman–Crippen LogP) is 1.43. The number of ketones is 1. The monoisotopic (exact) mass is 561 g/mol. The van der Waals surface area contributed by atoms with Crippen molar-refractivity contribution in [2.75, 3.05) is 6.54 Å². The lowest BCUT2D eigenvalue weighted by molar-refractivity contribution is -0.699. The Morgan fingerprint density at radius 3 is 2.52 bits per heavy atom. The van der Waals surface area contributed by atoms with Crippen LogP contribution in [0.3, 0.4) is 0 Å². The number of esters is 1. The van der Waals surface area contributed by atoms with Crippen LogP contribution in [0.1, 0.15) is 85.0 Å². The van der Waals surface area contributed by atoms with Crippen molar-refractivity contribution in [1.82, 2.24) is 0 Å². The summed E-state index contributed by atoms with van der Waals surface area (Å²) in [6.07, 6.45) is 6.87. The molecule has 9 heteroatoms. The predicted molar refractivity (Wildman–Crippen MR) is 144 cm³/mol. The van der Waals surface area contributed by atoms with Crippen molar-refractivity contribution in [2.24, 2.45) is 41.2 Å². The first-order chi connectivity index (χ1) is 19.1. The van der Waals surface area contributed by atoms with Gasteiger partial charge in [-0.3, -0.25) is 10.5 Å². The summed E-state index contributed by atoms with van der Waals surface area (Å²) < 4.78 is 25.8. The smallest absolute Gasteiger partial charge is 0.341 e. The summed E-state index contributed by atoms with van der Waals surface area (Å²) in [7, 11) is 0. The van der Waals surface area contributed by atoms with Gasteiger partial charge in [0.15, 0.2) is 5.60 Å². The molecule has 0 aromatic heterocycles. The molecule has 0 amide bonds. The molecule has 12 atom stereocenters. The Hall–Kier alpha value is -1.10. The minimum atomic E-state index is -0.859. The highest BCUT2D eigenvalue weighted by Gasteiger charge is 2.71. The highest BCUT2D eigenvalue weighted by Crippen LogP contribution is 2.59. The minimum absolute atomic E-state index is 0.0610. The Morgan fingerprint density at radius 1 is 1.00 bits per heavy atom. The number of carbonyl (C=O) groups is 2. The van der Waals surface area contributed by atoms with E-state index >= 15 is 0 Å². The molecule has 8 rings (SSSR count). The number of nitrogens with two attached hydrogens (primary N) is 2. The van der Waals surface area contributed by atoms with Crippen molar-refractivity contribution in [2.45, 2.75) is 139 Å². The van der Waals surface area contributed by atoms with Crippen LogP contribution in [0.2, 0.25) is 0 Å². The lowest BCUT2D eigenvalue weighted by Crippen LogP contribution is -2.94. The number of aliphatic hydroxyl groups excluding tert-OH is 1. The summed E-state index contributed by atoms with van der Waals surface area (Å²) in [5.41, 5.74) is 4.61. The van der Waals surface area contributed by atoms with Gasteiger partial charge in [-0.15, -0.1) is 0 Å². The van der Waals surface area contributed by atoms with Crippen LogP contribution >= 0.6 is 0 Å². The lowest BCUT2D eigenvalue weighted by Gasteiger charge is -2.58. The molecule has 0 aromatic carbocycles. The molecule has 6 aliphatic heterocycles. The first kappa shape index (κ1) is 27.7. The summed E-state index contributed by atoms with van der Waals surface area (Å²) in [6.45, 7) is 7.04. The van der Waals surface area contributed by atoms with Crippen LogP contribution in [0, 0.1) is 35.5 Å². The van der Waals surface area contributed by atoms with Gasteiger partial charge in [-0.05, 0) is 77.6 Å². The molecular formula is C31H49N2O7+. The molecule has 9 nitrogen and oxygen atoms in total. The average Bonchev–Trinajstić information content (AvgIpc) is 3.61. The molecule has 6 saturated heterocycles. The highest BCUT2D eigenvalue weighted by atomic mass is 16.7. The number of rotatable bonds is 3. The van der Waals surface area contributed by atoms with E-state index in [9.17, 15) is 14.7 Å². The zero-order chi connectivity index (χ0) is 28.0. The van der Waals surface area contributed by atoms with Crippen molar-refractivity contribution in [3.63, 3.8) is 0 Å². The van der Waals surface area contributed by atoms with Crippen molar-refractivity contribution in [1.29, 1.82) is 0 Å². The second-order valence-electron chi connectivity index (χ2n) is 14.8. The van der Waals surface area contributed by atoms with Crippen molar-refractivity contribution < 1.29 is 39.0 Å². The number of epoxide rings is 1. The summed E-state index contributed by atoms with van der Waals surface area (Å²) in [4.78, 5) is 27.3. The molecule has 8 fully saturated rings. The van der Waals surface area contributed by atoms with Crippen LogP contribution in [0.4, 0.5) is 0 Å². The number of quaternary nitrogens is 1. The largest absolute Gasteiger partial charge is 0.457 e. The minimum Gasteiger partial charge on any atom is -0.457 e. The van der Waals surface area contributed by atoms with Gasteiger partial charge < -0.3 is 29.4 Å². The van der Waals surface area contributed by atoms with Gasteiger partial charge in [0.05, 0.1) is 43.0 Å². The second kappa shape index (κ2) is 9.98. The molecule has 8 aliphatic rings. The van der Waals surface area contributed by atoms with Crippen LogP contribution < -0.4 is 11.1 Å². The van der Waals surface area contributed by atoms with Crippen LogP contribution in [0.5, 0.6) is 0 Å². The van der Waals surface area contributed by atoms with E-state index in [-0.39, 0.29) is 60.1 Å². The number of carbonyl (C=O) groups excluding carboxylic acids is 2. The maximum absolute atomic E-state index is 14.1. The van der Waals surface area contributed by atoms with Crippen LogP contribution in [-0.2, 0) is 28.5 Å². The van der Waals surface area contributed by atoms with Gasteiger partial charge in [0.25, 0.3) is 0 Å². The molecule has 0 radical (unpaired) electrons. The molecule has 2 saturated carbocycles. The summed E-state index contributed by atoms with van der Waals surface area (Å²) in [5.74, 6) is 0.0575. The summed E-state index contributed by atoms with van der Waals surface area (Å²) >= 11 is 0. The molecule has 6 heterocycles. The molecule has 2 aliphatic carbocycles. The van der Waals surface area contributed by atoms with E-state index in [1.165, 1.54) is 0 Å². The fraction of sp³-hybridized carbons (Fsp3) is 0.935. The Balaban J connectivity index is 1.14. The number of piperidine rings is 1. The van der Waals surface area contributed by atoms with Crippen molar-refractivity contribution in [3.05, 3.63) is 0 Å². The van der Waals surface area contributed by atoms with Gasteiger partial charge in [-0.25, -0.2) is 4.79 Å². The Bertz CT molecular complexity index is 1010. The molecule has 40 heavy (non-hydrogen) atoms. The Kier molecular flexibility index (Phi) is 6.92. The molecule has 0 aromatic rings. The van der Waals surface area contributed by atoms with Gasteiger partial charge >= 0.3 is 5.97 Å². The zero-order valence-electron chi connectivity index (χ0n) is 24.3. The van der Waals surface area contributed by atoms with E-state index in [2.05, 4.69) is 5.32 Å². The van der Waals surface area contributed by atoms with Crippen LogP contribution in [0.25, 0.3) is 0 Å². The highest BCUT2D eigenvalue weighted by molar-refractivity contribution is 5.85. The third-order valence-corrected chi connectivity index (χ3v) is 12.0. The van der Waals surface area contributed by atoms with Gasteiger partial charge in [-0.2, -0.15) is 0 Å². The summed E-state index contributed by atoms with van der Waals surface area (Å²) in [5, 5.41) is 14.0. The Labute approximate surface area is 237 Å². The maximum Gasteiger partial charge on any atom is 0.341 e. The number of fused-ring (bicyclic) bond motifs is 5. The number of hydrogen-bond donors (Lipinski definition) is 3. The third kappa shape index (κ3) is 4.41. The first-order valence-corrected chi connectivity index (χ1v) is 16.1. The van der Waals surface area contributed by atoms with E-state index in [1.54, 1.807) is 0 Å². The molecule has 2 bridgehead atoms. The normalized spacial score (nSPS) is 53.4. The second-order valence-corrected chi connectivity index (χ2v) is 14.8. The third-order valence-electron chi connectivity index (χ3n) is 12.0. The van der Waals surface area contributed by atoms with Gasteiger partial charge in [0.2, 0.25) is 0 Å². The number of ether oxygens (including phenoxy) is 4. The maximum atomic E-state index is 14.1. The van der Waals surface area contributed by atoms with Crippen LogP contribution in [-0.4, -0.2) is 77.4 Å². The van der Waals surface area contributed by atoms with Gasteiger partial charge in [0, 0.05) is 37.0 Å². The average molecular weight is 562 g/mol. The van der Waals surface area contributed by atoms with Crippen molar-refractivity contribution in [3.8, 4) is 0 Å². The fourth-order valence-corrected chi connectivity index (χ4v) is 10.1. The first-order valence-electron chi connectivity index (χ1n) is 16.1. The van der Waals surface area contributed by atoms with Crippen molar-refractivity contribution >= 4 is 11.8 Å². The zero-order valence-corrected chi connectivity index (χ0v) is 24.3. The van der Waals surface area contributed by atoms with E-state index in [0.29, 0.717) is 24.7 Å². The fourth-order valence-electron chi connectivity index (χ4n) is 10.1. The Morgan fingerprint density at radius 2 is 1.77 bits per heavy atom. The molecule has 1 spiro atoms. The van der Waals surface area contributed by atoms with Gasteiger partial charge in [-0.1, -0.05) is 0 Å². The number of aliphatic hydroxyl groups is 1. The quantitative estimate of drug-likeness (QED) is 0.348. The van der Waals surface area contributed by atoms with Crippen LogP contribution in [0.15, 0.2) is 0 Å². The number of hydrogen-bond acceptors (Lipinski definition) is 8. The topological polar surface area (TPSA) is 137 Å². The molecule has 224 valence electrons. The van der Waals surface area contributed by atoms with Gasteiger partial charge in [0.1, 0.15) is 23.7 Å². The van der Waals surface area contributed by atoms with E-state index in [1.807, 2.05) is 20.8 Å². The lowest BCUT2D eigenvalue weighted by atomic mass is 9.57. The molecular weight excluding hydrogens is 512 g/mol. The number of Topliss-reactive ketones (excluding diaryl/α,β-unsaturated/α-hetero) is 1. The molecule has 5 N–H and O–H groups in total. The molecule has 8 unspecified atom stereocenters. The van der Waals surface area contributed by atoms with E-state index in [4.69, 9.17) is 24.7 Å². The SMILES string of the molecule is CC1CC(=O)C2C(CC3OC(C)(C)[C@@H]4OC(=O)[C@]5(O[C@@H]5CCC5CC[NH2+]C(N)C5)C5CCC(CC5)[C@@H]4C3C2O)O1. The standard InChI is InChI=1S/C31H48N2O7/c1-15-12-19(34)25-20(37-15)14-21-26(27(25)35)24-17-5-7-18(8-6-17)31(29(36)38-28(24)30(2,3)39-21)22(40-31)9-4-16-10-11-33-23(32)13-16/h15-18,20-28,33,35H,4-14,32H2,1-3H3/p+1/t15?,16?,17?,18?,20?,21?,22-,23?,24-,25?,26?,27?,28-,31+/m1/s1.